The van der Waals surface area contributed by atoms with Gasteiger partial charge in [0.1, 0.15) is 0 Å². The summed E-state index contributed by atoms with van der Waals surface area (Å²) in [5, 5.41) is 4.47. The number of rotatable bonds is 8. The predicted octanol–water partition coefficient (Wildman–Crippen LogP) is 4.45. The van der Waals surface area contributed by atoms with Gasteiger partial charge in [0.15, 0.2) is 5.13 Å². The molecular formula is C18H17Cl2N3O3S3. The summed E-state index contributed by atoms with van der Waals surface area (Å²) < 4.78 is 24.6. The zero-order valence-corrected chi connectivity index (χ0v) is 19.2. The van der Waals surface area contributed by atoms with Crippen molar-refractivity contribution in [3.05, 3.63) is 66.8 Å². The average Bonchev–Trinajstić information content (AvgIpc) is 3.26. The molecule has 0 spiro atoms. The largest absolute Gasteiger partial charge is 0.297 e. The minimum absolute atomic E-state index is 0.247. The van der Waals surface area contributed by atoms with Crippen LogP contribution in [-0.4, -0.2) is 32.1 Å². The molecule has 0 saturated heterocycles. The first-order valence-corrected chi connectivity index (χ1v) is 12.7. The number of hydrogen-bond donors (Lipinski definition) is 2. The van der Waals surface area contributed by atoms with Crippen LogP contribution in [0.4, 0.5) is 5.13 Å². The Balaban J connectivity index is 1.57. The Bertz CT molecular complexity index is 1130. The molecule has 11 heteroatoms. The number of hydrogen-bond acceptors (Lipinski definition) is 6. The first kappa shape index (κ1) is 22.2. The first-order chi connectivity index (χ1) is 13.7. The minimum atomic E-state index is -3.22. The third kappa shape index (κ3) is 6.77. The van der Waals surface area contributed by atoms with E-state index in [2.05, 4.69) is 15.0 Å². The standard InChI is InChI=1S/C18H17Cl2N3O3S3/c1-29(25,26)22-7-6-13-4-5-16(27-13)17(24)23-18-21-10-14(28-18)8-11-2-3-12(19)9-15(11)20/h2-5,9-10,22H,6-8H2,1H3,(H,21,23,24). The summed E-state index contributed by atoms with van der Waals surface area (Å²) >= 11 is 14.8. The highest BCUT2D eigenvalue weighted by atomic mass is 35.5. The molecule has 154 valence electrons. The van der Waals surface area contributed by atoms with Crippen LogP contribution in [0.3, 0.4) is 0 Å². The topological polar surface area (TPSA) is 88.2 Å². The molecule has 0 fully saturated rings. The van der Waals surface area contributed by atoms with Gasteiger partial charge in [0.2, 0.25) is 10.0 Å². The van der Waals surface area contributed by atoms with Crippen molar-refractivity contribution in [3.8, 4) is 0 Å². The highest BCUT2D eigenvalue weighted by molar-refractivity contribution is 7.88. The third-order valence-corrected chi connectivity index (χ3v) is 7.15. The number of carbonyl (C=O) groups excluding carboxylic acids is 1. The molecule has 0 radical (unpaired) electrons. The maximum atomic E-state index is 12.4. The maximum absolute atomic E-state index is 12.4. The Labute approximate surface area is 186 Å². The van der Waals surface area contributed by atoms with Gasteiger partial charge in [0, 0.05) is 39.0 Å². The molecule has 1 aromatic carbocycles. The van der Waals surface area contributed by atoms with Crippen molar-refractivity contribution in [2.45, 2.75) is 12.8 Å². The van der Waals surface area contributed by atoms with E-state index in [9.17, 15) is 13.2 Å². The number of benzene rings is 1. The smallest absolute Gasteiger partial charge is 0.267 e. The molecule has 0 unspecified atom stereocenters. The van der Waals surface area contributed by atoms with Gasteiger partial charge in [-0.2, -0.15) is 0 Å². The Morgan fingerprint density at radius 1 is 1.14 bits per heavy atom. The van der Waals surface area contributed by atoms with E-state index in [0.717, 1.165) is 21.6 Å². The number of thiophene rings is 1. The van der Waals surface area contributed by atoms with E-state index in [0.29, 0.717) is 39.4 Å². The molecule has 0 aliphatic heterocycles. The lowest BCUT2D eigenvalue weighted by atomic mass is 10.1. The van der Waals surface area contributed by atoms with Gasteiger partial charge in [-0.05, 0) is 36.2 Å². The fraction of sp³-hybridized carbons (Fsp3) is 0.222. The number of thiazole rings is 1. The van der Waals surface area contributed by atoms with E-state index in [1.165, 1.54) is 22.7 Å². The van der Waals surface area contributed by atoms with Crippen LogP contribution in [0.5, 0.6) is 0 Å². The second kappa shape index (κ2) is 9.55. The minimum Gasteiger partial charge on any atom is -0.297 e. The lowest BCUT2D eigenvalue weighted by molar-refractivity contribution is 0.103. The number of nitrogens with one attached hydrogen (secondary N) is 2. The Morgan fingerprint density at radius 2 is 1.93 bits per heavy atom. The number of anilines is 1. The Morgan fingerprint density at radius 3 is 2.66 bits per heavy atom. The maximum Gasteiger partial charge on any atom is 0.267 e. The molecule has 0 saturated carbocycles. The van der Waals surface area contributed by atoms with Crippen LogP contribution in [0.15, 0.2) is 36.5 Å². The molecule has 0 aliphatic rings. The summed E-state index contributed by atoms with van der Waals surface area (Å²) in [4.78, 5) is 19.1. The molecule has 2 heterocycles. The molecule has 3 rings (SSSR count). The quantitative estimate of drug-likeness (QED) is 0.489. The molecular weight excluding hydrogens is 473 g/mol. The lowest BCUT2D eigenvalue weighted by Gasteiger charge is -2.02. The normalized spacial score (nSPS) is 11.6. The fourth-order valence-electron chi connectivity index (χ4n) is 2.45. The van der Waals surface area contributed by atoms with Crippen molar-refractivity contribution in [1.82, 2.24) is 9.71 Å². The second-order valence-corrected chi connectivity index (χ2v) is 11.1. The zero-order chi connectivity index (χ0) is 21.0. The first-order valence-electron chi connectivity index (χ1n) is 8.43. The van der Waals surface area contributed by atoms with Crippen LogP contribution in [0.2, 0.25) is 10.0 Å². The van der Waals surface area contributed by atoms with Crippen molar-refractivity contribution in [1.29, 1.82) is 0 Å². The van der Waals surface area contributed by atoms with Crippen molar-refractivity contribution >= 4 is 66.9 Å². The van der Waals surface area contributed by atoms with Crippen LogP contribution in [0.1, 0.15) is 25.0 Å². The van der Waals surface area contributed by atoms with Gasteiger partial charge < -0.3 is 0 Å². The number of amides is 1. The number of aromatic nitrogens is 1. The molecule has 0 atom stereocenters. The SMILES string of the molecule is CS(=O)(=O)NCCc1ccc(C(=O)Nc2ncc(Cc3ccc(Cl)cc3Cl)s2)s1. The van der Waals surface area contributed by atoms with Crippen LogP contribution >= 0.6 is 45.9 Å². The van der Waals surface area contributed by atoms with E-state index in [1.54, 1.807) is 24.4 Å². The summed E-state index contributed by atoms with van der Waals surface area (Å²) in [6.45, 7) is 0.295. The molecule has 1 amide bonds. The summed E-state index contributed by atoms with van der Waals surface area (Å²) in [7, 11) is -3.22. The van der Waals surface area contributed by atoms with Crippen molar-refractivity contribution in [2.75, 3.05) is 18.1 Å². The van der Waals surface area contributed by atoms with Crippen LogP contribution < -0.4 is 10.0 Å². The molecule has 3 aromatic rings. The van der Waals surface area contributed by atoms with Gasteiger partial charge >= 0.3 is 0 Å². The molecule has 29 heavy (non-hydrogen) atoms. The lowest BCUT2D eigenvalue weighted by Crippen LogP contribution is -2.24. The summed E-state index contributed by atoms with van der Waals surface area (Å²) in [5.41, 5.74) is 0.934. The van der Waals surface area contributed by atoms with E-state index < -0.39 is 10.0 Å². The summed E-state index contributed by atoms with van der Waals surface area (Å²) in [5.74, 6) is -0.247. The monoisotopic (exact) mass is 489 g/mol. The van der Waals surface area contributed by atoms with Crippen LogP contribution in [0.25, 0.3) is 0 Å². The number of carbonyl (C=O) groups is 1. The van der Waals surface area contributed by atoms with E-state index in [1.807, 2.05) is 12.1 Å². The number of halogens is 2. The molecule has 0 aliphatic carbocycles. The Hall–Kier alpha value is -1.49. The van der Waals surface area contributed by atoms with Crippen molar-refractivity contribution in [3.63, 3.8) is 0 Å². The summed E-state index contributed by atoms with van der Waals surface area (Å²) in [6.07, 6.45) is 3.94. The average molecular weight is 490 g/mol. The van der Waals surface area contributed by atoms with E-state index >= 15 is 0 Å². The molecule has 6 nitrogen and oxygen atoms in total. The van der Waals surface area contributed by atoms with E-state index in [4.69, 9.17) is 23.2 Å². The highest BCUT2D eigenvalue weighted by Crippen LogP contribution is 2.27. The highest BCUT2D eigenvalue weighted by Gasteiger charge is 2.13. The zero-order valence-electron chi connectivity index (χ0n) is 15.2. The second-order valence-electron chi connectivity index (χ2n) is 6.18. The third-order valence-electron chi connectivity index (χ3n) is 3.77. The number of sulfonamides is 1. The van der Waals surface area contributed by atoms with Crippen molar-refractivity contribution in [2.24, 2.45) is 0 Å². The molecule has 2 N–H and O–H groups in total. The van der Waals surface area contributed by atoms with Gasteiger partial charge in [0.05, 0.1) is 11.1 Å². The molecule has 2 aromatic heterocycles. The van der Waals surface area contributed by atoms with Gasteiger partial charge in [-0.25, -0.2) is 18.1 Å². The van der Waals surface area contributed by atoms with Crippen LogP contribution in [-0.2, 0) is 22.9 Å². The Kier molecular flexibility index (Phi) is 7.31. The molecule has 0 bridgehead atoms. The van der Waals surface area contributed by atoms with E-state index in [-0.39, 0.29) is 5.91 Å². The van der Waals surface area contributed by atoms with Crippen LogP contribution in [0, 0.1) is 0 Å². The van der Waals surface area contributed by atoms with Gasteiger partial charge in [0.25, 0.3) is 5.91 Å². The van der Waals surface area contributed by atoms with Gasteiger partial charge in [-0.3, -0.25) is 10.1 Å². The fourth-order valence-corrected chi connectivity index (χ4v) is 5.13. The predicted molar refractivity (Wildman–Crippen MR) is 120 cm³/mol. The summed E-state index contributed by atoms with van der Waals surface area (Å²) in [6, 6.07) is 8.89. The number of nitrogens with zero attached hydrogens (tertiary/aromatic N) is 1. The van der Waals surface area contributed by atoms with Gasteiger partial charge in [-0.1, -0.05) is 29.3 Å². The van der Waals surface area contributed by atoms with Gasteiger partial charge in [-0.15, -0.1) is 22.7 Å². The van der Waals surface area contributed by atoms with Crippen molar-refractivity contribution < 1.29 is 13.2 Å².